The van der Waals surface area contributed by atoms with Crippen LogP contribution in [0.2, 0.25) is 0 Å². The van der Waals surface area contributed by atoms with E-state index in [9.17, 15) is 5.11 Å². The predicted molar refractivity (Wildman–Crippen MR) is 81.7 cm³/mol. The third kappa shape index (κ3) is 7.58. The van der Waals surface area contributed by atoms with Crippen molar-refractivity contribution in [3.8, 4) is 0 Å². The summed E-state index contributed by atoms with van der Waals surface area (Å²) in [5.74, 6) is 1.00. The number of aliphatic hydroxyl groups excluding tert-OH is 2. The Morgan fingerprint density at radius 3 is 2.75 bits per heavy atom. The SMILES string of the molecule is CC(CO)CCCNCC(O)COC1CCCCC1C. The Hall–Kier alpha value is -0.160. The van der Waals surface area contributed by atoms with Crippen molar-refractivity contribution in [2.45, 2.75) is 64.6 Å². The normalized spacial score (nSPS) is 26.4. The molecule has 3 N–H and O–H groups in total. The molecule has 0 bridgehead atoms. The number of rotatable bonds is 10. The molecule has 0 aromatic carbocycles. The van der Waals surface area contributed by atoms with Crippen LogP contribution >= 0.6 is 0 Å². The highest BCUT2D eigenvalue weighted by Gasteiger charge is 2.22. The molecule has 20 heavy (non-hydrogen) atoms. The second kappa shape index (κ2) is 10.6. The molecule has 4 unspecified atom stereocenters. The van der Waals surface area contributed by atoms with Crippen molar-refractivity contribution in [1.29, 1.82) is 0 Å². The Morgan fingerprint density at radius 2 is 2.05 bits per heavy atom. The van der Waals surface area contributed by atoms with E-state index >= 15 is 0 Å². The predicted octanol–water partition coefficient (Wildman–Crippen LogP) is 1.94. The molecule has 4 nitrogen and oxygen atoms in total. The fourth-order valence-electron chi connectivity index (χ4n) is 2.76. The van der Waals surface area contributed by atoms with Gasteiger partial charge in [0.25, 0.3) is 0 Å². The summed E-state index contributed by atoms with van der Waals surface area (Å²) in [4.78, 5) is 0. The van der Waals surface area contributed by atoms with Crippen LogP contribution in [0.25, 0.3) is 0 Å². The quantitative estimate of drug-likeness (QED) is 0.537. The zero-order chi connectivity index (χ0) is 14.8. The largest absolute Gasteiger partial charge is 0.396 e. The summed E-state index contributed by atoms with van der Waals surface area (Å²) in [6, 6.07) is 0. The Labute approximate surface area is 123 Å². The first-order valence-corrected chi connectivity index (χ1v) is 8.24. The van der Waals surface area contributed by atoms with E-state index in [1.807, 2.05) is 6.92 Å². The summed E-state index contributed by atoms with van der Waals surface area (Å²) in [6.45, 7) is 6.48. The lowest BCUT2D eigenvalue weighted by molar-refractivity contribution is -0.0451. The Bertz CT molecular complexity index is 238. The lowest BCUT2D eigenvalue weighted by Gasteiger charge is -2.29. The van der Waals surface area contributed by atoms with Crippen molar-refractivity contribution in [2.24, 2.45) is 11.8 Å². The van der Waals surface area contributed by atoms with Crippen molar-refractivity contribution >= 4 is 0 Å². The smallest absolute Gasteiger partial charge is 0.0897 e. The molecule has 1 fully saturated rings. The van der Waals surface area contributed by atoms with E-state index < -0.39 is 6.10 Å². The van der Waals surface area contributed by atoms with Crippen molar-refractivity contribution in [3.63, 3.8) is 0 Å². The van der Waals surface area contributed by atoms with Crippen LogP contribution in [0.3, 0.4) is 0 Å². The molecule has 1 aliphatic carbocycles. The molecule has 0 heterocycles. The topological polar surface area (TPSA) is 61.7 Å². The lowest BCUT2D eigenvalue weighted by Crippen LogP contribution is -2.34. The van der Waals surface area contributed by atoms with Gasteiger partial charge in [0, 0.05) is 13.2 Å². The molecular weight excluding hydrogens is 254 g/mol. The molecule has 1 aliphatic rings. The van der Waals surface area contributed by atoms with Crippen molar-refractivity contribution < 1.29 is 14.9 Å². The molecule has 1 saturated carbocycles. The Morgan fingerprint density at radius 1 is 1.30 bits per heavy atom. The maximum Gasteiger partial charge on any atom is 0.0897 e. The van der Waals surface area contributed by atoms with Gasteiger partial charge in [-0.1, -0.05) is 26.7 Å². The standard InChI is InChI=1S/C16H33NO3/c1-13(11-18)6-5-9-17-10-15(19)12-20-16-8-4-3-7-14(16)2/h13-19H,3-12H2,1-2H3. The summed E-state index contributed by atoms with van der Waals surface area (Å²) < 4.78 is 5.85. The summed E-state index contributed by atoms with van der Waals surface area (Å²) in [5, 5.41) is 22.1. The fraction of sp³-hybridized carbons (Fsp3) is 1.00. The van der Waals surface area contributed by atoms with Crippen LogP contribution < -0.4 is 5.32 Å². The highest BCUT2D eigenvalue weighted by molar-refractivity contribution is 4.73. The first kappa shape index (κ1) is 17.9. The number of hydrogen-bond donors (Lipinski definition) is 3. The van der Waals surface area contributed by atoms with Crippen LogP contribution in [0.5, 0.6) is 0 Å². The first-order valence-electron chi connectivity index (χ1n) is 8.24. The van der Waals surface area contributed by atoms with Crippen LogP contribution in [-0.4, -0.2) is 48.7 Å². The van der Waals surface area contributed by atoms with Gasteiger partial charge in [0.1, 0.15) is 0 Å². The van der Waals surface area contributed by atoms with Gasteiger partial charge in [-0.05, 0) is 44.1 Å². The van der Waals surface area contributed by atoms with Crippen LogP contribution in [0.4, 0.5) is 0 Å². The van der Waals surface area contributed by atoms with E-state index in [0.29, 0.717) is 31.1 Å². The molecule has 0 aromatic heterocycles. The van der Waals surface area contributed by atoms with Gasteiger partial charge in [0.15, 0.2) is 0 Å². The highest BCUT2D eigenvalue weighted by atomic mass is 16.5. The average Bonchev–Trinajstić information content (AvgIpc) is 2.45. The summed E-state index contributed by atoms with van der Waals surface area (Å²) >= 11 is 0. The Balaban J connectivity index is 1.98. The third-order valence-electron chi connectivity index (χ3n) is 4.28. The zero-order valence-corrected chi connectivity index (χ0v) is 13.2. The van der Waals surface area contributed by atoms with E-state index in [2.05, 4.69) is 12.2 Å². The summed E-state index contributed by atoms with van der Waals surface area (Å²) in [6.07, 6.45) is 6.94. The molecule has 1 rings (SSSR count). The van der Waals surface area contributed by atoms with E-state index in [1.165, 1.54) is 19.3 Å². The maximum absolute atomic E-state index is 9.89. The highest BCUT2D eigenvalue weighted by Crippen LogP contribution is 2.26. The number of nitrogens with one attached hydrogen (secondary N) is 1. The van der Waals surface area contributed by atoms with Gasteiger partial charge < -0.3 is 20.3 Å². The second-order valence-corrected chi connectivity index (χ2v) is 6.42. The lowest BCUT2D eigenvalue weighted by atomic mass is 9.88. The number of ether oxygens (including phenoxy) is 1. The molecule has 0 radical (unpaired) electrons. The first-order chi connectivity index (χ1) is 9.63. The van der Waals surface area contributed by atoms with Gasteiger partial charge in [-0.15, -0.1) is 0 Å². The average molecular weight is 287 g/mol. The number of hydrogen-bond acceptors (Lipinski definition) is 4. The van der Waals surface area contributed by atoms with Crippen LogP contribution in [-0.2, 0) is 4.74 Å². The van der Waals surface area contributed by atoms with E-state index in [1.54, 1.807) is 0 Å². The molecule has 120 valence electrons. The fourth-order valence-corrected chi connectivity index (χ4v) is 2.76. The van der Waals surface area contributed by atoms with E-state index in [0.717, 1.165) is 25.8 Å². The minimum absolute atomic E-state index is 0.260. The molecule has 0 saturated heterocycles. The van der Waals surface area contributed by atoms with Gasteiger partial charge in [0.2, 0.25) is 0 Å². The molecule has 0 aliphatic heterocycles. The number of aliphatic hydroxyl groups is 2. The molecule has 0 amide bonds. The van der Waals surface area contributed by atoms with Gasteiger partial charge in [-0.25, -0.2) is 0 Å². The van der Waals surface area contributed by atoms with Crippen LogP contribution in [0, 0.1) is 11.8 Å². The van der Waals surface area contributed by atoms with Crippen LogP contribution in [0.15, 0.2) is 0 Å². The van der Waals surface area contributed by atoms with Crippen molar-refractivity contribution in [3.05, 3.63) is 0 Å². The van der Waals surface area contributed by atoms with Gasteiger partial charge in [0.05, 0.1) is 18.8 Å². The molecule has 0 aromatic rings. The van der Waals surface area contributed by atoms with Crippen molar-refractivity contribution in [2.75, 3.05) is 26.3 Å². The molecular formula is C16H33NO3. The van der Waals surface area contributed by atoms with Crippen molar-refractivity contribution in [1.82, 2.24) is 5.32 Å². The minimum Gasteiger partial charge on any atom is -0.396 e. The Kier molecular flexibility index (Phi) is 9.44. The monoisotopic (exact) mass is 287 g/mol. The summed E-state index contributed by atoms with van der Waals surface area (Å²) in [7, 11) is 0. The maximum atomic E-state index is 9.89. The van der Waals surface area contributed by atoms with Gasteiger partial charge in [-0.3, -0.25) is 0 Å². The molecule has 4 heteroatoms. The molecule has 0 spiro atoms. The molecule has 4 atom stereocenters. The van der Waals surface area contributed by atoms with E-state index in [4.69, 9.17) is 9.84 Å². The second-order valence-electron chi connectivity index (χ2n) is 6.42. The van der Waals surface area contributed by atoms with Crippen LogP contribution in [0.1, 0.15) is 52.4 Å². The van der Waals surface area contributed by atoms with Gasteiger partial charge in [-0.2, -0.15) is 0 Å². The van der Waals surface area contributed by atoms with Gasteiger partial charge >= 0.3 is 0 Å². The van der Waals surface area contributed by atoms with E-state index in [-0.39, 0.29) is 6.61 Å². The minimum atomic E-state index is -0.417. The summed E-state index contributed by atoms with van der Waals surface area (Å²) in [5.41, 5.74) is 0. The zero-order valence-electron chi connectivity index (χ0n) is 13.2. The third-order valence-corrected chi connectivity index (χ3v) is 4.28.